The van der Waals surface area contributed by atoms with Crippen LogP contribution < -0.4 is 9.47 Å². The van der Waals surface area contributed by atoms with E-state index in [2.05, 4.69) is 4.99 Å². The van der Waals surface area contributed by atoms with Gasteiger partial charge in [0.1, 0.15) is 10.1 Å². The van der Waals surface area contributed by atoms with Crippen LogP contribution in [-0.2, 0) is 15.3 Å². The van der Waals surface area contributed by atoms with Gasteiger partial charge in [-0.25, -0.2) is 4.99 Å². The van der Waals surface area contributed by atoms with Crippen LogP contribution in [0.4, 0.5) is 5.69 Å². The molecule has 30 heavy (non-hydrogen) atoms. The quantitative estimate of drug-likeness (QED) is 0.212. The van der Waals surface area contributed by atoms with Crippen LogP contribution in [0.3, 0.4) is 0 Å². The highest BCUT2D eigenvalue weighted by atomic mass is 32.2. The van der Waals surface area contributed by atoms with Crippen molar-refractivity contribution >= 4 is 50.7 Å². The minimum Gasteiger partial charge on any atom is -0.488 e. The number of nitro benzene ring substituents is 1. The highest BCUT2D eigenvalue weighted by Gasteiger charge is 2.28. The summed E-state index contributed by atoms with van der Waals surface area (Å²) in [4.78, 5) is 38.9. The summed E-state index contributed by atoms with van der Waals surface area (Å²) in [5, 5.41) is 11.3. The van der Waals surface area contributed by atoms with Crippen LogP contribution in [0, 0.1) is 10.1 Å². The number of hydrogen-bond acceptors (Lipinski definition) is 9. The molecule has 8 nitrogen and oxygen atoms in total. The lowest BCUT2D eigenvalue weighted by Gasteiger charge is -2.10. The largest absolute Gasteiger partial charge is 0.488 e. The summed E-state index contributed by atoms with van der Waals surface area (Å²) in [5.41, 5.74) is 0.898. The van der Waals surface area contributed by atoms with E-state index in [0.717, 1.165) is 17.3 Å². The standard InChI is InChI=1S/C20H16N2O6S2/c1-12(23)28-16-9-8-14(17(22(25)26)18(16)27-2)10-15-19(24)30-20(21-15)29-11-13-6-4-3-5-7-13/h3-10H,11H2,1-2H3. The predicted molar refractivity (Wildman–Crippen MR) is 117 cm³/mol. The Balaban J connectivity index is 1.91. The first-order chi connectivity index (χ1) is 14.4. The van der Waals surface area contributed by atoms with Crippen molar-refractivity contribution in [3.8, 4) is 11.5 Å². The van der Waals surface area contributed by atoms with Crippen molar-refractivity contribution in [2.45, 2.75) is 12.7 Å². The van der Waals surface area contributed by atoms with Crippen molar-refractivity contribution in [3.63, 3.8) is 0 Å². The number of thioether (sulfide) groups is 2. The zero-order chi connectivity index (χ0) is 21.7. The van der Waals surface area contributed by atoms with Gasteiger partial charge in [-0.05, 0) is 35.5 Å². The molecule has 154 valence electrons. The van der Waals surface area contributed by atoms with Crippen LogP contribution in [0.15, 0.2) is 53.2 Å². The summed E-state index contributed by atoms with van der Waals surface area (Å²) < 4.78 is 10.6. The van der Waals surface area contributed by atoms with Gasteiger partial charge in [0.05, 0.1) is 17.6 Å². The molecule has 1 heterocycles. The van der Waals surface area contributed by atoms with Gasteiger partial charge in [0.15, 0.2) is 5.75 Å². The van der Waals surface area contributed by atoms with Gasteiger partial charge in [0, 0.05) is 12.7 Å². The molecule has 2 aromatic rings. The number of rotatable bonds is 6. The summed E-state index contributed by atoms with van der Waals surface area (Å²) in [6.07, 6.45) is 1.34. The van der Waals surface area contributed by atoms with Gasteiger partial charge in [-0.15, -0.1) is 0 Å². The van der Waals surface area contributed by atoms with E-state index < -0.39 is 16.6 Å². The number of carbonyl (C=O) groups excluding carboxylic acids is 2. The summed E-state index contributed by atoms with van der Waals surface area (Å²) in [6, 6.07) is 12.5. The number of carbonyl (C=O) groups is 2. The van der Waals surface area contributed by atoms with Crippen molar-refractivity contribution in [1.82, 2.24) is 0 Å². The van der Waals surface area contributed by atoms with Crippen LogP contribution in [0.2, 0.25) is 0 Å². The number of ether oxygens (including phenoxy) is 2. The van der Waals surface area contributed by atoms with E-state index in [0.29, 0.717) is 10.1 Å². The molecule has 0 spiro atoms. The zero-order valence-electron chi connectivity index (χ0n) is 16.0. The molecule has 0 aromatic heterocycles. The molecule has 0 fully saturated rings. The third-order valence-electron chi connectivity index (χ3n) is 3.87. The molecule has 0 radical (unpaired) electrons. The smallest absolute Gasteiger partial charge is 0.322 e. The van der Waals surface area contributed by atoms with E-state index in [1.54, 1.807) is 0 Å². The lowest BCUT2D eigenvalue weighted by atomic mass is 10.1. The molecular formula is C20H16N2O6S2. The second-order valence-electron chi connectivity index (χ2n) is 5.96. The monoisotopic (exact) mass is 444 g/mol. The minimum atomic E-state index is -0.653. The number of aliphatic imine (C=N–C) groups is 1. The molecule has 0 atom stereocenters. The van der Waals surface area contributed by atoms with Gasteiger partial charge in [-0.1, -0.05) is 42.1 Å². The summed E-state index contributed by atoms with van der Waals surface area (Å²) >= 11 is 2.40. The maximum Gasteiger partial charge on any atom is 0.322 e. The normalized spacial score (nSPS) is 14.5. The second-order valence-corrected chi connectivity index (χ2v) is 8.14. The average molecular weight is 444 g/mol. The molecular weight excluding hydrogens is 428 g/mol. The Kier molecular flexibility index (Phi) is 6.91. The van der Waals surface area contributed by atoms with Gasteiger partial charge >= 0.3 is 11.7 Å². The number of nitrogens with zero attached hydrogens (tertiary/aromatic N) is 2. The number of esters is 1. The lowest BCUT2D eigenvalue weighted by Crippen LogP contribution is -2.05. The fourth-order valence-electron chi connectivity index (χ4n) is 2.62. The van der Waals surface area contributed by atoms with E-state index in [1.165, 1.54) is 44.0 Å². The van der Waals surface area contributed by atoms with E-state index in [4.69, 9.17) is 9.47 Å². The maximum atomic E-state index is 12.3. The molecule has 10 heteroatoms. The summed E-state index contributed by atoms with van der Waals surface area (Å²) in [6.45, 7) is 1.18. The predicted octanol–water partition coefficient (Wildman–Crippen LogP) is 4.43. The van der Waals surface area contributed by atoms with Crippen LogP contribution in [0.5, 0.6) is 11.5 Å². The SMILES string of the molecule is COc1c(OC(C)=O)ccc(C=C2N=C(SCc3ccccc3)SC2=O)c1[N+](=O)[O-]. The summed E-state index contributed by atoms with van der Waals surface area (Å²) in [5.74, 6) is -0.266. The van der Waals surface area contributed by atoms with E-state index in [1.807, 2.05) is 30.3 Å². The van der Waals surface area contributed by atoms with Crippen LogP contribution in [0.25, 0.3) is 6.08 Å². The highest BCUT2D eigenvalue weighted by Crippen LogP contribution is 2.41. The number of hydrogen-bond donors (Lipinski definition) is 0. The molecule has 0 aliphatic carbocycles. The van der Waals surface area contributed by atoms with Crippen molar-refractivity contribution in [1.29, 1.82) is 0 Å². The van der Waals surface area contributed by atoms with Crippen LogP contribution in [-0.4, -0.2) is 27.5 Å². The molecule has 1 aliphatic heterocycles. The molecule has 1 aliphatic rings. The first-order valence-corrected chi connectivity index (χ1v) is 10.4. The Morgan fingerprint density at radius 3 is 2.63 bits per heavy atom. The zero-order valence-corrected chi connectivity index (χ0v) is 17.6. The molecule has 0 bridgehead atoms. The first-order valence-electron chi connectivity index (χ1n) is 8.62. The Bertz CT molecular complexity index is 1070. The Hall–Kier alpha value is -3.11. The third-order valence-corrected chi connectivity index (χ3v) is 5.95. The van der Waals surface area contributed by atoms with Crippen molar-refractivity contribution in [2.24, 2.45) is 4.99 Å². The first kappa shape index (κ1) is 21.6. The molecule has 3 rings (SSSR count). The van der Waals surface area contributed by atoms with Gasteiger partial charge in [0.2, 0.25) is 10.9 Å². The molecule has 0 unspecified atom stereocenters. The van der Waals surface area contributed by atoms with Gasteiger partial charge in [-0.3, -0.25) is 19.7 Å². The fourth-order valence-corrected chi connectivity index (χ4v) is 4.42. The molecule has 0 N–H and O–H groups in total. The van der Waals surface area contributed by atoms with Crippen molar-refractivity contribution in [2.75, 3.05) is 7.11 Å². The highest BCUT2D eigenvalue weighted by molar-refractivity contribution is 8.45. The number of methoxy groups -OCH3 is 1. The second kappa shape index (κ2) is 9.59. The van der Waals surface area contributed by atoms with E-state index >= 15 is 0 Å². The van der Waals surface area contributed by atoms with E-state index in [9.17, 15) is 19.7 Å². The minimum absolute atomic E-state index is 0.0754. The molecule has 0 amide bonds. The van der Waals surface area contributed by atoms with Gasteiger partial charge in [0.25, 0.3) is 0 Å². The molecule has 0 saturated carbocycles. The number of benzene rings is 2. The van der Waals surface area contributed by atoms with Gasteiger partial charge < -0.3 is 9.47 Å². The Morgan fingerprint density at radius 2 is 2.00 bits per heavy atom. The Labute approximate surface area is 180 Å². The lowest BCUT2D eigenvalue weighted by molar-refractivity contribution is -0.386. The summed E-state index contributed by atoms with van der Waals surface area (Å²) in [7, 11) is 1.24. The Morgan fingerprint density at radius 1 is 1.27 bits per heavy atom. The molecule has 0 saturated heterocycles. The van der Waals surface area contributed by atoms with Crippen molar-refractivity contribution in [3.05, 3.63) is 69.4 Å². The van der Waals surface area contributed by atoms with Crippen LogP contribution >= 0.6 is 23.5 Å². The van der Waals surface area contributed by atoms with Crippen LogP contribution in [0.1, 0.15) is 18.1 Å². The third kappa shape index (κ3) is 5.08. The topological polar surface area (TPSA) is 108 Å². The number of nitro groups is 1. The average Bonchev–Trinajstić information content (AvgIpc) is 3.06. The fraction of sp³-hybridized carbons (Fsp3) is 0.150. The maximum absolute atomic E-state index is 12.3. The van der Waals surface area contributed by atoms with Gasteiger partial charge in [-0.2, -0.15) is 0 Å². The van der Waals surface area contributed by atoms with Crippen molar-refractivity contribution < 1.29 is 24.0 Å². The van der Waals surface area contributed by atoms with E-state index in [-0.39, 0.29) is 27.9 Å². The molecule has 2 aromatic carbocycles.